The zero-order chi connectivity index (χ0) is 20.6. The standard InChI is InChI=1S/C23H28BrNO3/c1-6-13(2)28-22(27)19-14(3)25-17-11-23(4,5)12-18(26)21(17)20(19)15-9-7-8-10-16(15)24/h7-10,13,19-20H,6,11-12H2,1-5H3/t13-,19?,20-/m1/s1. The van der Waals surface area contributed by atoms with E-state index in [9.17, 15) is 9.59 Å². The molecule has 0 spiro atoms. The molecule has 150 valence electrons. The number of ketones is 1. The van der Waals surface area contributed by atoms with Gasteiger partial charge >= 0.3 is 5.97 Å². The maximum absolute atomic E-state index is 13.2. The Balaban J connectivity index is 2.15. The number of allylic oxidation sites excluding steroid dienone is 2. The van der Waals surface area contributed by atoms with Crippen LogP contribution in [-0.4, -0.2) is 23.6 Å². The third-order valence-electron chi connectivity index (χ3n) is 5.69. The van der Waals surface area contributed by atoms with Crippen molar-refractivity contribution in [2.45, 2.75) is 65.9 Å². The van der Waals surface area contributed by atoms with Crippen molar-refractivity contribution >= 4 is 33.4 Å². The number of ether oxygens (including phenoxy) is 1. The number of hydrogen-bond donors (Lipinski definition) is 0. The first-order chi connectivity index (χ1) is 13.1. The number of benzene rings is 1. The van der Waals surface area contributed by atoms with Crippen LogP contribution in [0.15, 0.2) is 45.0 Å². The molecule has 1 aromatic rings. The molecule has 1 aliphatic carbocycles. The summed E-state index contributed by atoms with van der Waals surface area (Å²) in [6.07, 6.45) is 1.78. The van der Waals surface area contributed by atoms with Gasteiger partial charge in [-0.2, -0.15) is 0 Å². The van der Waals surface area contributed by atoms with Gasteiger partial charge in [0.1, 0.15) is 5.92 Å². The number of hydrogen-bond acceptors (Lipinski definition) is 4. The molecule has 3 atom stereocenters. The van der Waals surface area contributed by atoms with Crippen LogP contribution in [0.25, 0.3) is 0 Å². The van der Waals surface area contributed by atoms with Gasteiger partial charge in [0.15, 0.2) is 5.78 Å². The van der Waals surface area contributed by atoms with Crippen molar-refractivity contribution in [2.24, 2.45) is 16.3 Å². The van der Waals surface area contributed by atoms with Gasteiger partial charge in [-0.1, -0.05) is 54.9 Å². The topological polar surface area (TPSA) is 55.7 Å². The Hall–Kier alpha value is -1.75. The third kappa shape index (κ3) is 4.00. The van der Waals surface area contributed by atoms with Gasteiger partial charge in [-0.3, -0.25) is 14.6 Å². The molecule has 0 N–H and O–H groups in total. The van der Waals surface area contributed by atoms with Gasteiger partial charge in [0, 0.05) is 33.8 Å². The molecule has 2 aliphatic rings. The van der Waals surface area contributed by atoms with E-state index in [4.69, 9.17) is 9.73 Å². The molecule has 1 aromatic carbocycles. The first-order valence-corrected chi connectivity index (χ1v) is 10.7. The molecule has 4 nitrogen and oxygen atoms in total. The maximum Gasteiger partial charge on any atom is 0.315 e. The van der Waals surface area contributed by atoms with Gasteiger partial charge in [0.25, 0.3) is 0 Å². The van der Waals surface area contributed by atoms with Crippen LogP contribution in [-0.2, 0) is 14.3 Å². The molecule has 1 heterocycles. The summed E-state index contributed by atoms with van der Waals surface area (Å²) in [5.74, 6) is -1.18. The average Bonchev–Trinajstić information content (AvgIpc) is 2.59. The smallest absolute Gasteiger partial charge is 0.315 e. The Bertz CT molecular complexity index is 868. The number of halogens is 1. The summed E-state index contributed by atoms with van der Waals surface area (Å²) in [5, 5.41) is 0. The molecule has 0 saturated heterocycles. The maximum atomic E-state index is 13.2. The first kappa shape index (κ1) is 21.0. The predicted molar refractivity (Wildman–Crippen MR) is 114 cm³/mol. The van der Waals surface area contributed by atoms with Crippen LogP contribution in [0, 0.1) is 11.3 Å². The number of nitrogens with zero attached hydrogens (tertiary/aromatic N) is 1. The minimum Gasteiger partial charge on any atom is -0.462 e. The summed E-state index contributed by atoms with van der Waals surface area (Å²) in [4.78, 5) is 31.1. The first-order valence-electron chi connectivity index (χ1n) is 9.91. The van der Waals surface area contributed by atoms with E-state index >= 15 is 0 Å². The summed E-state index contributed by atoms with van der Waals surface area (Å²) in [5.41, 5.74) is 3.04. The fraction of sp³-hybridized carbons (Fsp3) is 0.522. The number of aliphatic imine (C=N–C) groups is 1. The van der Waals surface area contributed by atoms with E-state index in [1.54, 1.807) is 0 Å². The molecule has 3 rings (SSSR count). The van der Waals surface area contributed by atoms with Crippen LogP contribution in [0.5, 0.6) is 0 Å². The van der Waals surface area contributed by atoms with Crippen LogP contribution in [0.1, 0.15) is 65.4 Å². The zero-order valence-electron chi connectivity index (χ0n) is 17.2. The second kappa shape index (κ2) is 7.94. The normalized spacial score (nSPS) is 25.1. The summed E-state index contributed by atoms with van der Waals surface area (Å²) < 4.78 is 6.58. The van der Waals surface area contributed by atoms with Gasteiger partial charge in [0.05, 0.1) is 6.10 Å². The molecular weight excluding hydrogens is 418 g/mol. The van der Waals surface area contributed by atoms with E-state index in [1.165, 1.54) is 0 Å². The molecule has 0 aromatic heterocycles. The van der Waals surface area contributed by atoms with Crippen molar-refractivity contribution in [1.82, 2.24) is 0 Å². The molecule has 1 aliphatic heterocycles. The summed E-state index contributed by atoms with van der Waals surface area (Å²) in [6.45, 7) is 9.94. The molecular formula is C23H28BrNO3. The van der Waals surface area contributed by atoms with Crippen LogP contribution >= 0.6 is 15.9 Å². The Morgan fingerprint density at radius 2 is 2.00 bits per heavy atom. The molecule has 28 heavy (non-hydrogen) atoms. The van der Waals surface area contributed by atoms with Crippen molar-refractivity contribution in [3.63, 3.8) is 0 Å². The highest BCUT2D eigenvalue weighted by Crippen LogP contribution is 2.49. The Labute approximate surface area is 175 Å². The zero-order valence-corrected chi connectivity index (χ0v) is 18.8. The number of carbonyl (C=O) groups excluding carboxylic acids is 2. The van der Waals surface area contributed by atoms with Crippen molar-refractivity contribution in [2.75, 3.05) is 0 Å². The second-order valence-corrected chi connectivity index (χ2v) is 9.54. The Kier molecular flexibility index (Phi) is 5.95. The molecule has 0 bridgehead atoms. The highest BCUT2D eigenvalue weighted by atomic mass is 79.9. The number of esters is 1. The lowest BCUT2D eigenvalue weighted by Crippen LogP contribution is -2.40. The van der Waals surface area contributed by atoms with Gasteiger partial charge in [0.2, 0.25) is 0 Å². The largest absolute Gasteiger partial charge is 0.462 e. The lowest BCUT2D eigenvalue weighted by atomic mass is 9.67. The van der Waals surface area contributed by atoms with Crippen molar-refractivity contribution in [1.29, 1.82) is 0 Å². The van der Waals surface area contributed by atoms with Crippen molar-refractivity contribution in [3.8, 4) is 0 Å². The summed E-state index contributed by atoms with van der Waals surface area (Å²) in [6, 6.07) is 7.81. The highest BCUT2D eigenvalue weighted by Gasteiger charge is 2.46. The molecule has 0 radical (unpaired) electrons. The molecule has 5 heteroatoms. The lowest BCUT2D eigenvalue weighted by Gasteiger charge is -2.39. The second-order valence-electron chi connectivity index (χ2n) is 8.69. The van der Waals surface area contributed by atoms with Crippen molar-refractivity contribution in [3.05, 3.63) is 45.6 Å². The monoisotopic (exact) mass is 445 g/mol. The molecule has 0 amide bonds. The summed E-state index contributed by atoms with van der Waals surface area (Å²) in [7, 11) is 0. The number of rotatable bonds is 4. The Morgan fingerprint density at radius 3 is 2.64 bits per heavy atom. The number of Topliss-reactive ketones (excluding diaryl/α,β-unsaturated/α-hetero) is 1. The highest BCUT2D eigenvalue weighted by molar-refractivity contribution is 9.10. The van der Waals surface area contributed by atoms with Crippen molar-refractivity contribution < 1.29 is 14.3 Å². The van der Waals surface area contributed by atoms with E-state index in [2.05, 4.69) is 29.8 Å². The molecule has 1 unspecified atom stereocenters. The fourth-order valence-corrected chi connectivity index (χ4v) is 4.70. The van der Waals surface area contributed by atoms with Gasteiger partial charge in [-0.25, -0.2) is 0 Å². The SMILES string of the molecule is CC[C@@H](C)OC(=O)C1C(C)=NC2=C(C(=O)CC(C)(C)C2)[C@@H]1c1ccccc1Br. The molecule has 0 fully saturated rings. The summed E-state index contributed by atoms with van der Waals surface area (Å²) >= 11 is 3.63. The van der Waals surface area contributed by atoms with Crippen LogP contribution < -0.4 is 0 Å². The van der Waals surface area contributed by atoms with E-state index < -0.39 is 5.92 Å². The minimum atomic E-state index is -0.586. The van der Waals surface area contributed by atoms with Crippen LogP contribution in [0.2, 0.25) is 0 Å². The van der Waals surface area contributed by atoms with E-state index in [1.807, 2.05) is 45.0 Å². The minimum absolute atomic E-state index is 0.0876. The van der Waals surface area contributed by atoms with E-state index in [-0.39, 0.29) is 29.2 Å². The van der Waals surface area contributed by atoms with Crippen LogP contribution in [0.4, 0.5) is 0 Å². The van der Waals surface area contributed by atoms with Gasteiger partial charge in [-0.05, 0) is 43.7 Å². The lowest BCUT2D eigenvalue weighted by molar-refractivity contribution is -0.151. The van der Waals surface area contributed by atoms with Gasteiger partial charge < -0.3 is 4.74 Å². The molecule has 0 saturated carbocycles. The fourth-order valence-electron chi connectivity index (χ4n) is 4.17. The predicted octanol–water partition coefficient (Wildman–Crippen LogP) is 5.61. The number of carbonyl (C=O) groups is 2. The van der Waals surface area contributed by atoms with E-state index in [0.717, 1.165) is 34.3 Å². The third-order valence-corrected chi connectivity index (χ3v) is 6.41. The van der Waals surface area contributed by atoms with Gasteiger partial charge in [-0.15, -0.1) is 0 Å². The Morgan fingerprint density at radius 1 is 1.32 bits per heavy atom. The quantitative estimate of drug-likeness (QED) is 0.565. The average molecular weight is 446 g/mol. The van der Waals surface area contributed by atoms with E-state index in [0.29, 0.717) is 12.0 Å². The van der Waals surface area contributed by atoms with Crippen LogP contribution in [0.3, 0.4) is 0 Å².